The molecule has 4 heteroatoms. The van der Waals surface area contributed by atoms with Gasteiger partial charge < -0.3 is 5.32 Å². The molecule has 0 aliphatic carbocycles. The molecule has 1 atom stereocenters. The van der Waals surface area contributed by atoms with E-state index in [0.29, 0.717) is 6.04 Å². The normalized spacial score (nSPS) is 12.7. The molecule has 0 saturated heterocycles. The highest BCUT2D eigenvalue weighted by atomic mass is 35.5. The van der Waals surface area contributed by atoms with Crippen LogP contribution in [0.1, 0.15) is 20.3 Å². The molecule has 0 aromatic carbocycles. The Hall–Kier alpha value is -0.250. The molecule has 0 radical (unpaired) electrons. The van der Waals surface area contributed by atoms with Crippen LogP contribution in [0.2, 0.25) is 5.02 Å². The molecular formula is C11H17ClN2S. The number of thioether (sulfide) groups is 1. The average Bonchev–Trinajstić information content (AvgIpc) is 2.26. The zero-order chi connectivity index (χ0) is 11.1. The van der Waals surface area contributed by atoms with E-state index in [9.17, 15) is 0 Å². The van der Waals surface area contributed by atoms with Crippen LogP contribution in [0, 0.1) is 0 Å². The molecule has 0 amide bonds. The monoisotopic (exact) mass is 244 g/mol. The third-order valence-electron chi connectivity index (χ3n) is 2.13. The van der Waals surface area contributed by atoms with Crippen molar-refractivity contribution in [3.63, 3.8) is 0 Å². The van der Waals surface area contributed by atoms with Gasteiger partial charge in [0.05, 0.1) is 5.02 Å². The molecule has 0 spiro atoms. The van der Waals surface area contributed by atoms with E-state index < -0.39 is 0 Å². The molecule has 1 rings (SSSR count). The lowest BCUT2D eigenvalue weighted by atomic mass is 10.2. The Morgan fingerprint density at radius 1 is 1.53 bits per heavy atom. The number of hydrogen-bond donors (Lipinski definition) is 1. The third-order valence-corrected chi connectivity index (χ3v) is 3.72. The summed E-state index contributed by atoms with van der Waals surface area (Å²) in [5.41, 5.74) is 0. The lowest BCUT2D eigenvalue weighted by molar-refractivity contribution is 0.560. The van der Waals surface area contributed by atoms with Crippen LogP contribution in [0.25, 0.3) is 0 Å². The fraction of sp³-hybridized carbons (Fsp3) is 0.545. The Morgan fingerprint density at radius 2 is 2.33 bits per heavy atom. The fourth-order valence-electron chi connectivity index (χ4n) is 1.27. The maximum atomic E-state index is 6.02. The molecule has 0 bridgehead atoms. The highest BCUT2D eigenvalue weighted by Crippen LogP contribution is 2.24. The second-order valence-corrected chi connectivity index (χ2v) is 4.68. The van der Waals surface area contributed by atoms with Gasteiger partial charge in [-0.3, -0.25) is 0 Å². The Labute approximate surface area is 101 Å². The minimum Gasteiger partial charge on any atom is -0.313 e. The fourth-order valence-corrected chi connectivity index (χ4v) is 2.61. The molecule has 0 aliphatic rings. The molecule has 1 heterocycles. The molecule has 1 unspecified atom stereocenters. The minimum atomic E-state index is 0.540. The number of aromatic nitrogens is 1. The van der Waals surface area contributed by atoms with E-state index in [1.54, 1.807) is 18.0 Å². The Morgan fingerprint density at radius 3 is 2.93 bits per heavy atom. The summed E-state index contributed by atoms with van der Waals surface area (Å²) in [5, 5.41) is 5.10. The summed E-state index contributed by atoms with van der Waals surface area (Å²) < 4.78 is 0. The predicted molar refractivity (Wildman–Crippen MR) is 67.7 cm³/mol. The van der Waals surface area contributed by atoms with Gasteiger partial charge in [-0.25, -0.2) is 4.98 Å². The maximum absolute atomic E-state index is 6.02. The highest BCUT2D eigenvalue weighted by molar-refractivity contribution is 7.99. The van der Waals surface area contributed by atoms with Gasteiger partial charge in [0, 0.05) is 18.0 Å². The molecule has 15 heavy (non-hydrogen) atoms. The first-order valence-electron chi connectivity index (χ1n) is 5.24. The predicted octanol–water partition coefficient (Wildman–Crippen LogP) is 3.22. The summed E-state index contributed by atoms with van der Waals surface area (Å²) in [6.45, 7) is 5.32. The van der Waals surface area contributed by atoms with Crippen molar-refractivity contribution < 1.29 is 0 Å². The van der Waals surface area contributed by atoms with Gasteiger partial charge in [0.1, 0.15) is 5.03 Å². The van der Waals surface area contributed by atoms with Crippen LogP contribution >= 0.6 is 23.4 Å². The summed E-state index contributed by atoms with van der Waals surface area (Å²) in [4.78, 5) is 4.25. The van der Waals surface area contributed by atoms with E-state index in [1.807, 2.05) is 12.1 Å². The first-order chi connectivity index (χ1) is 7.27. The van der Waals surface area contributed by atoms with Crippen LogP contribution < -0.4 is 5.32 Å². The lowest BCUT2D eigenvalue weighted by Gasteiger charge is -2.14. The number of nitrogens with zero attached hydrogens (tertiary/aromatic N) is 1. The van der Waals surface area contributed by atoms with Gasteiger partial charge in [-0.15, -0.1) is 11.8 Å². The lowest BCUT2D eigenvalue weighted by Crippen LogP contribution is -2.30. The summed E-state index contributed by atoms with van der Waals surface area (Å²) in [5.74, 6) is 1.01. The van der Waals surface area contributed by atoms with Crippen molar-refractivity contribution in [1.82, 2.24) is 10.3 Å². The number of halogens is 1. The van der Waals surface area contributed by atoms with Crippen LogP contribution in [0.15, 0.2) is 23.4 Å². The zero-order valence-corrected chi connectivity index (χ0v) is 10.7. The van der Waals surface area contributed by atoms with E-state index in [-0.39, 0.29) is 0 Å². The second-order valence-electron chi connectivity index (χ2n) is 3.26. The molecule has 0 fully saturated rings. The number of rotatable bonds is 6. The number of hydrogen-bond acceptors (Lipinski definition) is 3. The molecule has 84 valence electrons. The molecule has 1 aromatic rings. The van der Waals surface area contributed by atoms with Crippen LogP contribution in [-0.2, 0) is 0 Å². The second kappa shape index (κ2) is 7.09. The maximum Gasteiger partial charge on any atom is 0.115 e. The van der Waals surface area contributed by atoms with Gasteiger partial charge >= 0.3 is 0 Å². The summed E-state index contributed by atoms with van der Waals surface area (Å²) in [6.07, 6.45) is 2.91. The molecule has 2 nitrogen and oxygen atoms in total. The van der Waals surface area contributed by atoms with Crippen molar-refractivity contribution in [1.29, 1.82) is 0 Å². The van der Waals surface area contributed by atoms with Gasteiger partial charge in [-0.1, -0.05) is 25.4 Å². The molecule has 0 aliphatic heterocycles. The standard InChI is InChI=1S/C11H17ClN2S/c1-3-9(13-4-2)8-15-11-10(12)6-5-7-14-11/h5-7,9,13H,3-4,8H2,1-2H3. The van der Waals surface area contributed by atoms with Gasteiger partial charge in [-0.2, -0.15) is 0 Å². The van der Waals surface area contributed by atoms with Crippen LogP contribution in [0.5, 0.6) is 0 Å². The smallest absolute Gasteiger partial charge is 0.115 e. The Kier molecular flexibility index (Phi) is 6.06. The molecule has 1 aromatic heterocycles. The van der Waals surface area contributed by atoms with Crippen LogP contribution in [0.3, 0.4) is 0 Å². The first-order valence-corrected chi connectivity index (χ1v) is 6.61. The van der Waals surface area contributed by atoms with Crippen molar-refractivity contribution in [2.75, 3.05) is 12.3 Å². The topological polar surface area (TPSA) is 24.9 Å². The van der Waals surface area contributed by atoms with Gasteiger partial charge in [-0.05, 0) is 25.1 Å². The van der Waals surface area contributed by atoms with Crippen LogP contribution in [-0.4, -0.2) is 23.3 Å². The van der Waals surface area contributed by atoms with Crippen molar-refractivity contribution in [3.05, 3.63) is 23.4 Å². The Balaban J connectivity index is 2.45. The van der Waals surface area contributed by atoms with E-state index in [0.717, 1.165) is 28.8 Å². The van der Waals surface area contributed by atoms with Crippen molar-refractivity contribution in [2.45, 2.75) is 31.3 Å². The quantitative estimate of drug-likeness (QED) is 0.778. The van der Waals surface area contributed by atoms with Gasteiger partial charge in [0.2, 0.25) is 0 Å². The van der Waals surface area contributed by atoms with Crippen LogP contribution in [0.4, 0.5) is 0 Å². The molecule has 1 N–H and O–H groups in total. The van der Waals surface area contributed by atoms with Crippen molar-refractivity contribution in [2.24, 2.45) is 0 Å². The third kappa shape index (κ3) is 4.41. The first kappa shape index (κ1) is 12.8. The largest absolute Gasteiger partial charge is 0.313 e. The van der Waals surface area contributed by atoms with E-state index in [2.05, 4.69) is 24.1 Å². The highest BCUT2D eigenvalue weighted by Gasteiger charge is 2.07. The summed E-state index contributed by atoms with van der Waals surface area (Å²) in [6, 6.07) is 4.28. The minimum absolute atomic E-state index is 0.540. The zero-order valence-electron chi connectivity index (χ0n) is 9.16. The SMILES string of the molecule is CCNC(CC)CSc1ncccc1Cl. The van der Waals surface area contributed by atoms with E-state index >= 15 is 0 Å². The van der Waals surface area contributed by atoms with Crippen molar-refractivity contribution in [3.8, 4) is 0 Å². The van der Waals surface area contributed by atoms with Crippen molar-refractivity contribution >= 4 is 23.4 Å². The summed E-state index contributed by atoms with van der Waals surface area (Å²) in [7, 11) is 0. The van der Waals surface area contributed by atoms with Gasteiger partial charge in [0.15, 0.2) is 0 Å². The van der Waals surface area contributed by atoms with E-state index in [4.69, 9.17) is 11.6 Å². The molecule has 0 saturated carbocycles. The summed E-state index contributed by atoms with van der Waals surface area (Å²) >= 11 is 7.74. The van der Waals surface area contributed by atoms with E-state index in [1.165, 1.54) is 0 Å². The number of nitrogens with one attached hydrogen (secondary N) is 1. The Bertz CT molecular complexity index is 294. The number of pyridine rings is 1. The van der Waals surface area contributed by atoms with Gasteiger partial charge in [0.25, 0.3) is 0 Å². The average molecular weight is 245 g/mol. The molecular weight excluding hydrogens is 228 g/mol.